The topological polar surface area (TPSA) is 15.3 Å². The van der Waals surface area contributed by atoms with Crippen LogP contribution in [0.25, 0.3) is 0 Å². The van der Waals surface area contributed by atoms with Crippen LogP contribution in [0.3, 0.4) is 0 Å². The molecule has 0 bridgehead atoms. The van der Waals surface area contributed by atoms with E-state index in [1.165, 1.54) is 0 Å². The van der Waals surface area contributed by atoms with Crippen LogP contribution < -0.4 is 10.2 Å². The van der Waals surface area contributed by atoms with E-state index in [2.05, 4.69) is 21.2 Å². The van der Waals surface area contributed by atoms with Gasteiger partial charge in [-0.2, -0.15) is 0 Å². The van der Waals surface area contributed by atoms with E-state index in [1.54, 1.807) is 0 Å². The number of nitrogens with one attached hydrogen (secondary N) is 1. The van der Waals surface area contributed by atoms with Gasteiger partial charge < -0.3 is 10.2 Å². The van der Waals surface area contributed by atoms with Crippen molar-refractivity contribution in [2.75, 3.05) is 24.3 Å². The summed E-state index contributed by atoms with van der Waals surface area (Å²) in [4.78, 5) is 2.01. The van der Waals surface area contributed by atoms with E-state index >= 15 is 0 Å². The minimum Gasteiger partial charge on any atom is -0.378 e. The Balaban J connectivity index is 2.17. The zero-order valence-electron chi connectivity index (χ0n) is 12.1. The number of rotatable bonds is 4. The molecular formula is C16H17BrF2N2. The van der Waals surface area contributed by atoms with E-state index in [0.29, 0.717) is 0 Å². The van der Waals surface area contributed by atoms with Gasteiger partial charge in [0.2, 0.25) is 0 Å². The molecule has 0 saturated carbocycles. The molecule has 0 spiro atoms. The summed E-state index contributed by atoms with van der Waals surface area (Å²) in [6, 6.07) is 10.1. The highest BCUT2D eigenvalue weighted by atomic mass is 79.9. The Bertz CT molecular complexity index is 627. The van der Waals surface area contributed by atoms with Crippen LogP contribution in [0, 0.1) is 11.6 Å². The molecule has 2 aromatic rings. The Labute approximate surface area is 131 Å². The average Bonchev–Trinajstić information content (AvgIpc) is 2.44. The normalized spacial score (nSPS) is 12.1. The summed E-state index contributed by atoms with van der Waals surface area (Å²) in [5, 5.41) is 2.99. The maximum Gasteiger partial charge on any atom is 0.147 e. The third-order valence-electron chi connectivity index (χ3n) is 3.29. The molecule has 0 aromatic heterocycles. The van der Waals surface area contributed by atoms with Gasteiger partial charge in [0.25, 0.3) is 0 Å². The third-order valence-corrected chi connectivity index (χ3v) is 3.90. The average molecular weight is 355 g/mol. The first-order valence-electron chi connectivity index (χ1n) is 6.57. The van der Waals surface area contributed by atoms with Crippen molar-refractivity contribution in [1.29, 1.82) is 0 Å². The van der Waals surface area contributed by atoms with Gasteiger partial charge in [0, 0.05) is 31.9 Å². The van der Waals surface area contributed by atoms with Gasteiger partial charge in [0.05, 0.1) is 10.2 Å². The van der Waals surface area contributed by atoms with Crippen molar-refractivity contribution in [2.24, 2.45) is 0 Å². The molecule has 0 amide bonds. The van der Waals surface area contributed by atoms with Crippen molar-refractivity contribution >= 4 is 27.3 Å². The maximum absolute atomic E-state index is 13.8. The largest absolute Gasteiger partial charge is 0.378 e. The van der Waals surface area contributed by atoms with Gasteiger partial charge in [-0.15, -0.1) is 0 Å². The summed E-state index contributed by atoms with van der Waals surface area (Å²) in [6.07, 6.45) is 0. The summed E-state index contributed by atoms with van der Waals surface area (Å²) in [7, 11) is 3.94. The van der Waals surface area contributed by atoms with Crippen LogP contribution in [-0.4, -0.2) is 14.1 Å². The van der Waals surface area contributed by atoms with Crippen LogP contribution >= 0.6 is 15.9 Å². The van der Waals surface area contributed by atoms with Crippen LogP contribution in [0.4, 0.5) is 20.2 Å². The fraction of sp³-hybridized carbons (Fsp3) is 0.250. The Morgan fingerprint density at radius 2 is 1.67 bits per heavy atom. The van der Waals surface area contributed by atoms with Gasteiger partial charge in [-0.05, 0) is 46.6 Å². The highest BCUT2D eigenvalue weighted by molar-refractivity contribution is 9.10. The summed E-state index contributed by atoms with van der Waals surface area (Å²) in [6.45, 7) is 1.91. The molecule has 0 radical (unpaired) electrons. The fourth-order valence-corrected chi connectivity index (χ4v) is 2.33. The monoisotopic (exact) mass is 354 g/mol. The van der Waals surface area contributed by atoms with Gasteiger partial charge >= 0.3 is 0 Å². The fourth-order valence-electron chi connectivity index (χ4n) is 2.01. The van der Waals surface area contributed by atoms with Gasteiger partial charge in [0.15, 0.2) is 0 Å². The van der Waals surface area contributed by atoms with Crippen LogP contribution in [0.1, 0.15) is 18.5 Å². The van der Waals surface area contributed by atoms with Gasteiger partial charge in [0.1, 0.15) is 11.6 Å². The minimum absolute atomic E-state index is 0.119. The second-order valence-corrected chi connectivity index (χ2v) is 5.95. The highest BCUT2D eigenvalue weighted by Gasteiger charge is 2.12. The number of hydrogen-bond donors (Lipinski definition) is 1. The molecule has 1 atom stereocenters. The summed E-state index contributed by atoms with van der Waals surface area (Å²) in [5.41, 5.74) is 2.25. The van der Waals surface area contributed by atoms with Crippen molar-refractivity contribution in [3.05, 3.63) is 58.1 Å². The van der Waals surface area contributed by atoms with Crippen molar-refractivity contribution in [2.45, 2.75) is 13.0 Å². The smallest absolute Gasteiger partial charge is 0.147 e. The molecule has 21 heavy (non-hydrogen) atoms. The molecule has 5 heteroatoms. The summed E-state index contributed by atoms with van der Waals surface area (Å²) < 4.78 is 27.4. The van der Waals surface area contributed by atoms with E-state index in [4.69, 9.17) is 0 Å². The van der Waals surface area contributed by atoms with Gasteiger partial charge in [-0.1, -0.05) is 12.1 Å². The quantitative estimate of drug-likeness (QED) is 0.780. The lowest BCUT2D eigenvalue weighted by atomic mass is 10.1. The SMILES string of the molecule is CC(Nc1cc(F)c(Br)cc1F)c1ccc(N(C)C)cc1. The molecule has 2 aromatic carbocycles. The van der Waals surface area contributed by atoms with E-state index in [1.807, 2.05) is 50.2 Å². The number of benzene rings is 2. The first kappa shape index (κ1) is 15.8. The molecule has 1 N–H and O–H groups in total. The second-order valence-electron chi connectivity index (χ2n) is 5.10. The molecule has 0 aliphatic heterocycles. The van der Waals surface area contributed by atoms with Crippen molar-refractivity contribution in [3.63, 3.8) is 0 Å². The number of hydrogen-bond acceptors (Lipinski definition) is 2. The number of halogens is 3. The minimum atomic E-state index is -0.492. The van der Waals surface area contributed by atoms with Crippen LogP contribution in [0.2, 0.25) is 0 Å². The summed E-state index contributed by atoms with van der Waals surface area (Å²) >= 11 is 2.97. The van der Waals surface area contributed by atoms with Crippen molar-refractivity contribution in [3.8, 4) is 0 Å². The second kappa shape index (κ2) is 6.43. The number of nitrogens with zero attached hydrogens (tertiary/aromatic N) is 1. The third kappa shape index (κ3) is 3.73. The first-order chi connectivity index (χ1) is 9.88. The molecule has 0 fully saturated rings. The zero-order chi connectivity index (χ0) is 15.6. The predicted molar refractivity (Wildman–Crippen MR) is 86.9 cm³/mol. The van der Waals surface area contributed by atoms with Crippen molar-refractivity contribution in [1.82, 2.24) is 0 Å². The Hall–Kier alpha value is -1.62. The maximum atomic E-state index is 13.8. The van der Waals surface area contributed by atoms with Gasteiger partial charge in [-0.25, -0.2) is 8.78 Å². The Kier molecular flexibility index (Phi) is 4.83. The molecular weight excluding hydrogens is 338 g/mol. The summed E-state index contributed by atoms with van der Waals surface area (Å²) in [5.74, 6) is -0.978. The first-order valence-corrected chi connectivity index (χ1v) is 7.36. The highest BCUT2D eigenvalue weighted by Crippen LogP contribution is 2.27. The van der Waals surface area contributed by atoms with E-state index in [0.717, 1.165) is 23.4 Å². The lowest BCUT2D eigenvalue weighted by molar-refractivity contribution is 0.595. The molecule has 112 valence electrons. The molecule has 1 unspecified atom stereocenters. The van der Waals surface area contributed by atoms with Crippen LogP contribution in [0.15, 0.2) is 40.9 Å². The lowest BCUT2D eigenvalue weighted by Gasteiger charge is -2.18. The van der Waals surface area contributed by atoms with Crippen LogP contribution in [-0.2, 0) is 0 Å². The van der Waals surface area contributed by atoms with Crippen molar-refractivity contribution < 1.29 is 8.78 Å². The van der Waals surface area contributed by atoms with E-state index in [9.17, 15) is 8.78 Å². The van der Waals surface area contributed by atoms with E-state index < -0.39 is 11.6 Å². The molecule has 0 saturated heterocycles. The van der Waals surface area contributed by atoms with Gasteiger partial charge in [-0.3, -0.25) is 0 Å². The molecule has 2 nitrogen and oxygen atoms in total. The predicted octanol–water partition coefficient (Wildman–Crippen LogP) is 4.97. The lowest BCUT2D eigenvalue weighted by Crippen LogP contribution is -2.10. The molecule has 0 aliphatic rings. The van der Waals surface area contributed by atoms with Crippen LogP contribution in [0.5, 0.6) is 0 Å². The van der Waals surface area contributed by atoms with E-state index in [-0.39, 0.29) is 16.2 Å². The molecule has 0 heterocycles. The zero-order valence-corrected chi connectivity index (χ0v) is 13.7. The molecule has 0 aliphatic carbocycles. The Morgan fingerprint density at radius 1 is 1.05 bits per heavy atom. The molecule has 2 rings (SSSR count). The Morgan fingerprint density at radius 3 is 2.24 bits per heavy atom. The standard InChI is InChI=1S/C16H17BrF2N2/c1-10(11-4-6-12(7-5-11)21(2)3)20-16-9-14(18)13(17)8-15(16)19/h4-10,20H,1-3H3. The number of anilines is 2.